The van der Waals surface area contributed by atoms with Crippen molar-refractivity contribution in [3.05, 3.63) is 35.6 Å². The minimum absolute atomic E-state index is 0.0213. The van der Waals surface area contributed by atoms with Crippen molar-refractivity contribution in [3.63, 3.8) is 0 Å². The lowest BCUT2D eigenvalue weighted by Gasteiger charge is -2.38. The monoisotopic (exact) mass is 250 g/mol. The molecule has 0 saturated heterocycles. The summed E-state index contributed by atoms with van der Waals surface area (Å²) in [4.78, 5) is 2.26. The largest absolute Gasteiger partial charge is 0.329 e. The molecule has 1 atom stereocenters. The van der Waals surface area contributed by atoms with Crippen LogP contribution in [0.3, 0.4) is 0 Å². The Balaban J connectivity index is 2.02. The molecule has 1 aliphatic carbocycles. The van der Waals surface area contributed by atoms with Gasteiger partial charge in [0.05, 0.1) is 0 Å². The van der Waals surface area contributed by atoms with Gasteiger partial charge in [0, 0.05) is 18.6 Å². The number of hydrogen-bond donors (Lipinski definition) is 1. The first-order chi connectivity index (χ1) is 8.53. The van der Waals surface area contributed by atoms with Crippen LogP contribution >= 0.6 is 0 Å². The fraction of sp³-hybridized carbons (Fsp3) is 0.600. The number of nitrogens with zero attached hydrogens (tertiary/aromatic N) is 1. The molecule has 1 unspecified atom stereocenters. The maximum Gasteiger partial charge on any atom is 0.123 e. The Morgan fingerprint density at radius 1 is 1.44 bits per heavy atom. The number of benzene rings is 1. The van der Waals surface area contributed by atoms with Crippen LogP contribution in [-0.4, -0.2) is 24.0 Å². The van der Waals surface area contributed by atoms with Gasteiger partial charge in [0.1, 0.15) is 5.82 Å². The van der Waals surface area contributed by atoms with E-state index in [0.717, 1.165) is 24.4 Å². The molecule has 0 heterocycles. The number of rotatable bonds is 6. The minimum atomic E-state index is -0.169. The predicted octanol–water partition coefficient (Wildman–Crippen LogP) is 2.78. The summed E-state index contributed by atoms with van der Waals surface area (Å²) in [5.41, 5.74) is 6.98. The molecule has 0 spiro atoms. The van der Waals surface area contributed by atoms with E-state index in [9.17, 15) is 4.39 Å². The second-order valence-electron chi connectivity index (χ2n) is 5.83. The normalized spacial score (nSPS) is 18.9. The topological polar surface area (TPSA) is 29.3 Å². The quantitative estimate of drug-likeness (QED) is 0.841. The summed E-state index contributed by atoms with van der Waals surface area (Å²) in [6.45, 7) is 3.61. The SMILES string of the molecule is CN(Cc1cccc(F)c1)C(C)(CN)CC1CC1. The fourth-order valence-corrected chi connectivity index (χ4v) is 2.44. The smallest absolute Gasteiger partial charge is 0.123 e. The Morgan fingerprint density at radius 2 is 2.17 bits per heavy atom. The van der Waals surface area contributed by atoms with Gasteiger partial charge in [-0.3, -0.25) is 4.90 Å². The van der Waals surface area contributed by atoms with Crippen molar-refractivity contribution in [2.45, 2.75) is 38.3 Å². The standard InChI is InChI=1S/C15H23FN2/c1-15(11-17,9-12-6-7-12)18(2)10-13-4-3-5-14(16)8-13/h3-5,8,12H,6-7,9-11,17H2,1-2H3. The van der Waals surface area contributed by atoms with E-state index < -0.39 is 0 Å². The van der Waals surface area contributed by atoms with Crippen molar-refractivity contribution in [2.75, 3.05) is 13.6 Å². The molecule has 2 N–H and O–H groups in total. The molecular formula is C15H23FN2. The summed E-state index contributed by atoms with van der Waals surface area (Å²) in [6.07, 6.45) is 3.82. The van der Waals surface area contributed by atoms with E-state index >= 15 is 0 Å². The Hall–Kier alpha value is -0.930. The molecule has 1 aromatic rings. The van der Waals surface area contributed by atoms with Crippen LogP contribution in [-0.2, 0) is 6.54 Å². The van der Waals surface area contributed by atoms with Crippen molar-refractivity contribution in [2.24, 2.45) is 11.7 Å². The van der Waals surface area contributed by atoms with Gasteiger partial charge >= 0.3 is 0 Å². The number of hydrogen-bond acceptors (Lipinski definition) is 2. The van der Waals surface area contributed by atoms with Crippen molar-refractivity contribution >= 4 is 0 Å². The highest BCUT2D eigenvalue weighted by Crippen LogP contribution is 2.38. The van der Waals surface area contributed by atoms with E-state index in [4.69, 9.17) is 5.73 Å². The summed E-state index contributed by atoms with van der Waals surface area (Å²) < 4.78 is 13.2. The number of halogens is 1. The van der Waals surface area contributed by atoms with Crippen LogP contribution in [0.5, 0.6) is 0 Å². The molecule has 0 bridgehead atoms. The fourth-order valence-electron chi connectivity index (χ4n) is 2.44. The van der Waals surface area contributed by atoms with Gasteiger partial charge in [-0.2, -0.15) is 0 Å². The molecule has 0 aromatic heterocycles. The Kier molecular flexibility index (Phi) is 4.03. The lowest BCUT2D eigenvalue weighted by Crippen LogP contribution is -2.49. The first kappa shape index (κ1) is 13.5. The van der Waals surface area contributed by atoms with Gasteiger partial charge in [0.2, 0.25) is 0 Å². The van der Waals surface area contributed by atoms with Crippen LogP contribution < -0.4 is 5.73 Å². The van der Waals surface area contributed by atoms with Gasteiger partial charge in [-0.1, -0.05) is 25.0 Å². The Bertz CT molecular complexity index is 403. The number of nitrogens with two attached hydrogens (primary N) is 1. The average Bonchev–Trinajstić information content (AvgIpc) is 3.12. The van der Waals surface area contributed by atoms with Gasteiger partial charge in [0.15, 0.2) is 0 Å². The minimum Gasteiger partial charge on any atom is -0.329 e. The van der Waals surface area contributed by atoms with E-state index in [0.29, 0.717) is 6.54 Å². The third-order valence-corrected chi connectivity index (χ3v) is 4.10. The molecule has 18 heavy (non-hydrogen) atoms. The van der Waals surface area contributed by atoms with Crippen LogP contribution in [0, 0.1) is 11.7 Å². The van der Waals surface area contributed by atoms with Gasteiger partial charge in [-0.05, 0) is 44.0 Å². The predicted molar refractivity (Wildman–Crippen MR) is 72.7 cm³/mol. The summed E-state index contributed by atoms with van der Waals surface area (Å²) in [6, 6.07) is 6.81. The Morgan fingerprint density at radius 3 is 2.72 bits per heavy atom. The van der Waals surface area contributed by atoms with Crippen molar-refractivity contribution < 1.29 is 4.39 Å². The van der Waals surface area contributed by atoms with E-state index in [1.54, 1.807) is 12.1 Å². The average molecular weight is 250 g/mol. The third-order valence-electron chi connectivity index (χ3n) is 4.10. The van der Waals surface area contributed by atoms with Crippen LogP contribution in [0.2, 0.25) is 0 Å². The molecule has 3 heteroatoms. The van der Waals surface area contributed by atoms with E-state index in [-0.39, 0.29) is 11.4 Å². The van der Waals surface area contributed by atoms with Crippen molar-refractivity contribution in [3.8, 4) is 0 Å². The molecular weight excluding hydrogens is 227 g/mol. The highest BCUT2D eigenvalue weighted by Gasteiger charge is 2.35. The molecule has 2 rings (SSSR count). The molecule has 1 aliphatic rings. The van der Waals surface area contributed by atoms with Gasteiger partial charge in [0.25, 0.3) is 0 Å². The van der Waals surface area contributed by atoms with Crippen LogP contribution in [0.4, 0.5) is 4.39 Å². The zero-order valence-electron chi connectivity index (χ0n) is 11.3. The summed E-state index contributed by atoms with van der Waals surface area (Å²) >= 11 is 0. The molecule has 2 nitrogen and oxygen atoms in total. The molecule has 1 saturated carbocycles. The molecule has 0 amide bonds. The van der Waals surface area contributed by atoms with E-state index in [2.05, 4.69) is 18.9 Å². The summed E-state index contributed by atoms with van der Waals surface area (Å²) in [7, 11) is 2.08. The van der Waals surface area contributed by atoms with Crippen molar-refractivity contribution in [1.29, 1.82) is 0 Å². The van der Waals surface area contributed by atoms with Crippen LogP contribution in [0.25, 0.3) is 0 Å². The first-order valence-electron chi connectivity index (χ1n) is 6.69. The van der Waals surface area contributed by atoms with Gasteiger partial charge < -0.3 is 5.73 Å². The van der Waals surface area contributed by atoms with Gasteiger partial charge in [-0.25, -0.2) is 4.39 Å². The molecule has 1 aromatic carbocycles. The second-order valence-corrected chi connectivity index (χ2v) is 5.83. The van der Waals surface area contributed by atoms with Crippen LogP contribution in [0.15, 0.2) is 24.3 Å². The zero-order chi connectivity index (χ0) is 13.2. The summed E-state index contributed by atoms with van der Waals surface area (Å²) in [5.74, 6) is 0.672. The zero-order valence-corrected chi connectivity index (χ0v) is 11.3. The third kappa shape index (κ3) is 3.30. The molecule has 0 aliphatic heterocycles. The second kappa shape index (κ2) is 5.37. The molecule has 100 valence electrons. The molecule has 0 radical (unpaired) electrons. The van der Waals surface area contributed by atoms with Crippen LogP contribution in [0.1, 0.15) is 31.7 Å². The van der Waals surface area contributed by atoms with E-state index in [1.165, 1.54) is 18.9 Å². The lowest BCUT2D eigenvalue weighted by atomic mass is 9.92. The highest BCUT2D eigenvalue weighted by atomic mass is 19.1. The molecule has 1 fully saturated rings. The lowest BCUT2D eigenvalue weighted by molar-refractivity contribution is 0.119. The van der Waals surface area contributed by atoms with Crippen molar-refractivity contribution in [1.82, 2.24) is 4.90 Å². The highest BCUT2D eigenvalue weighted by molar-refractivity contribution is 5.16. The summed E-state index contributed by atoms with van der Waals surface area (Å²) in [5, 5.41) is 0. The maximum atomic E-state index is 13.2. The first-order valence-corrected chi connectivity index (χ1v) is 6.69. The maximum absolute atomic E-state index is 13.2. The Labute approximate surface area is 109 Å². The van der Waals surface area contributed by atoms with Gasteiger partial charge in [-0.15, -0.1) is 0 Å². The number of likely N-dealkylation sites (N-methyl/N-ethyl adjacent to an activating group) is 1. The van der Waals surface area contributed by atoms with E-state index in [1.807, 2.05) is 6.07 Å².